The molecule has 0 bridgehead atoms. The Morgan fingerprint density at radius 1 is 0.926 bits per heavy atom. The van der Waals surface area contributed by atoms with Gasteiger partial charge in [0.1, 0.15) is 6.61 Å². The van der Waals surface area contributed by atoms with Gasteiger partial charge in [0.15, 0.2) is 0 Å². The van der Waals surface area contributed by atoms with E-state index in [-0.39, 0.29) is 13.0 Å². The minimum Gasteiger partial charge on any atom is -0.481 e. The van der Waals surface area contributed by atoms with E-state index < -0.39 is 17.9 Å². The molecule has 0 aromatic heterocycles. The van der Waals surface area contributed by atoms with Gasteiger partial charge in [-0.15, -0.1) is 0 Å². The molecule has 0 aliphatic rings. The standard InChI is InChI=1S/C23H40O4/c1-3-5-6-7-8-9-10-11-12-13-14-15-16-17-18-21(23(25)26)20-22(24)27-19-4-2/h4,12-13,21H,2-3,5-11,14-20H2,1H3,(H,25,26)/b13-12+. The Balaban J connectivity index is 3.60. The molecule has 0 rings (SSSR count). The number of hydrogen-bond acceptors (Lipinski definition) is 3. The van der Waals surface area contributed by atoms with Crippen molar-refractivity contribution in [2.45, 2.75) is 96.8 Å². The van der Waals surface area contributed by atoms with E-state index in [4.69, 9.17) is 4.74 Å². The predicted molar refractivity (Wildman–Crippen MR) is 112 cm³/mol. The van der Waals surface area contributed by atoms with Gasteiger partial charge < -0.3 is 9.84 Å². The highest BCUT2D eigenvalue weighted by Gasteiger charge is 2.21. The number of carbonyl (C=O) groups is 2. The average molecular weight is 381 g/mol. The largest absolute Gasteiger partial charge is 0.481 e. The Hall–Kier alpha value is -1.58. The first kappa shape index (κ1) is 25.4. The topological polar surface area (TPSA) is 63.6 Å². The van der Waals surface area contributed by atoms with E-state index in [9.17, 15) is 14.7 Å². The smallest absolute Gasteiger partial charge is 0.307 e. The molecule has 4 heteroatoms. The fourth-order valence-corrected chi connectivity index (χ4v) is 3.01. The van der Waals surface area contributed by atoms with Gasteiger partial charge in [-0.3, -0.25) is 9.59 Å². The van der Waals surface area contributed by atoms with Crippen molar-refractivity contribution in [1.29, 1.82) is 0 Å². The molecule has 0 aromatic carbocycles. The molecule has 0 saturated carbocycles. The van der Waals surface area contributed by atoms with Crippen molar-refractivity contribution in [3.63, 3.8) is 0 Å². The van der Waals surface area contributed by atoms with Crippen molar-refractivity contribution in [1.82, 2.24) is 0 Å². The Labute approximate surface area is 166 Å². The molecule has 0 aliphatic carbocycles. The van der Waals surface area contributed by atoms with E-state index >= 15 is 0 Å². The zero-order valence-corrected chi connectivity index (χ0v) is 17.3. The van der Waals surface area contributed by atoms with Crippen molar-refractivity contribution in [2.24, 2.45) is 5.92 Å². The number of carboxylic acids is 1. The van der Waals surface area contributed by atoms with E-state index in [1.807, 2.05) is 0 Å². The number of allylic oxidation sites excluding steroid dienone is 2. The molecule has 0 radical (unpaired) electrons. The number of rotatable bonds is 19. The molecule has 27 heavy (non-hydrogen) atoms. The lowest BCUT2D eigenvalue weighted by Crippen LogP contribution is -2.19. The predicted octanol–water partition coefficient (Wildman–Crippen LogP) is 6.45. The van der Waals surface area contributed by atoms with Crippen LogP contribution in [0.4, 0.5) is 0 Å². The number of ether oxygens (including phenoxy) is 1. The van der Waals surface area contributed by atoms with Gasteiger partial charge in [0, 0.05) is 0 Å². The summed E-state index contributed by atoms with van der Waals surface area (Å²) in [5.74, 6) is -2.02. The second-order valence-electron chi connectivity index (χ2n) is 7.23. The number of unbranched alkanes of at least 4 members (excludes halogenated alkanes) is 10. The fraction of sp³-hybridized carbons (Fsp3) is 0.739. The summed E-state index contributed by atoms with van der Waals surface area (Å²) in [6, 6.07) is 0. The van der Waals surface area contributed by atoms with Crippen molar-refractivity contribution in [3.8, 4) is 0 Å². The van der Waals surface area contributed by atoms with Crippen molar-refractivity contribution < 1.29 is 19.4 Å². The summed E-state index contributed by atoms with van der Waals surface area (Å²) < 4.78 is 4.87. The Bertz CT molecular complexity index is 415. The van der Waals surface area contributed by atoms with E-state index in [2.05, 4.69) is 25.7 Å². The summed E-state index contributed by atoms with van der Waals surface area (Å²) in [4.78, 5) is 22.8. The molecule has 0 heterocycles. The van der Waals surface area contributed by atoms with Crippen LogP contribution in [0.2, 0.25) is 0 Å². The van der Waals surface area contributed by atoms with Crippen LogP contribution in [0.5, 0.6) is 0 Å². The Kier molecular flexibility index (Phi) is 18.1. The molecule has 0 aromatic rings. The lowest BCUT2D eigenvalue weighted by atomic mass is 9.97. The second-order valence-corrected chi connectivity index (χ2v) is 7.23. The molecule has 1 atom stereocenters. The lowest BCUT2D eigenvalue weighted by molar-refractivity contribution is -0.151. The summed E-state index contributed by atoms with van der Waals surface area (Å²) in [7, 11) is 0. The molecule has 0 spiro atoms. The molecule has 1 N–H and O–H groups in total. The van der Waals surface area contributed by atoms with E-state index in [1.165, 1.54) is 57.4 Å². The second kappa shape index (κ2) is 19.2. The minimum absolute atomic E-state index is 0.0540. The normalized spacial score (nSPS) is 12.2. The molecular weight excluding hydrogens is 340 g/mol. The summed E-state index contributed by atoms with van der Waals surface area (Å²) >= 11 is 0. The summed E-state index contributed by atoms with van der Waals surface area (Å²) in [5.41, 5.74) is 0. The van der Waals surface area contributed by atoms with Crippen LogP contribution in [-0.4, -0.2) is 23.7 Å². The van der Waals surface area contributed by atoms with Gasteiger partial charge in [-0.25, -0.2) is 0 Å². The van der Waals surface area contributed by atoms with Crippen molar-refractivity contribution in [2.75, 3.05) is 6.61 Å². The molecule has 0 amide bonds. The molecular formula is C23H40O4. The van der Waals surface area contributed by atoms with E-state index in [0.717, 1.165) is 25.7 Å². The molecule has 1 unspecified atom stereocenters. The van der Waals surface area contributed by atoms with Crippen LogP contribution in [0.3, 0.4) is 0 Å². The first-order valence-corrected chi connectivity index (χ1v) is 10.8. The minimum atomic E-state index is -0.917. The van der Waals surface area contributed by atoms with Crippen LogP contribution in [0.15, 0.2) is 24.8 Å². The molecule has 4 nitrogen and oxygen atoms in total. The highest BCUT2D eigenvalue weighted by molar-refractivity contribution is 5.78. The van der Waals surface area contributed by atoms with Gasteiger partial charge in [0.2, 0.25) is 0 Å². The SMILES string of the molecule is C=CCOC(=O)CC(CCCCC/C=C/CCCCCCCCC)C(=O)O. The quantitative estimate of drug-likeness (QED) is 0.159. The number of aliphatic carboxylic acids is 1. The maximum absolute atomic E-state index is 11.5. The molecule has 0 fully saturated rings. The maximum Gasteiger partial charge on any atom is 0.307 e. The number of hydrogen-bond donors (Lipinski definition) is 1. The Morgan fingerprint density at radius 3 is 2.04 bits per heavy atom. The maximum atomic E-state index is 11.5. The van der Waals surface area contributed by atoms with Crippen LogP contribution in [0, 0.1) is 5.92 Å². The monoisotopic (exact) mass is 380 g/mol. The van der Waals surface area contributed by atoms with Gasteiger partial charge >= 0.3 is 11.9 Å². The first-order valence-electron chi connectivity index (χ1n) is 10.8. The third kappa shape index (κ3) is 17.6. The van der Waals surface area contributed by atoms with E-state index in [1.54, 1.807) is 0 Å². The fourth-order valence-electron chi connectivity index (χ4n) is 3.01. The van der Waals surface area contributed by atoms with Crippen LogP contribution in [0.25, 0.3) is 0 Å². The van der Waals surface area contributed by atoms with Gasteiger partial charge in [-0.05, 0) is 32.1 Å². The molecule has 0 saturated heterocycles. The van der Waals surface area contributed by atoms with Crippen LogP contribution in [-0.2, 0) is 14.3 Å². The van der Waals surface area contributed by atoms with Gasteiger partial charge in [-0.2, -0.15) is 0 Å². The number of carbonyl (C=O) groups excluding carboxylic acids is 1. The molecule has 156 valence electrons. The summed E-state index contributed by atoms with van der Waals surface area (Å²) in [6.45, 7) is 5.85. The highest BCUT2D eigenvalue weighted by Crippen LogP contribution is 2.16. The van der Waals surface area contributed by atoms with Gasteiger partial charge in [0.05, 0.1) is 12.3 Å². The average Bonchev–Trinajstić information content (AvgIpc) is 2.65. The van der Waals surface area contributed by atoms with E-state index in [0.29, 0.717) is 6.42 Å². The zero-order valence-electron chi connectivity index (χ0n) is 17.3. The van der Waals surface area contributed by atoms with Crippen molar-refractivity contribution in [3.05, 3.63) is 24.8 Å². The third-order valence-electron chi connectivity index (χ3n) is 4.69. The van der Waals surface area contributed by atoms with Crippen molar-refractivity contribution >= 4 is 11.9 Å². The van der Waals surface area contributed by atoms with Gasteiger partial charge in [-0.1, -0.05) is 83.1 Å². The third-order valence-corrected chi connectivity index (χ3v) is 4.69. The highest BCUT2D eigenvalue weighted by atomic mass is 16.5. The Morgan fingerprint density at radius 2 is 1.48 bits per heavy atom. The van der Waals surface area contributed by atoms with Gasteiger partial charge in [0.25, 0.3) is 0 Å². The molecule has 0 aliphatic heterocycles. The number of esters is 1. The zero-order chi connectivity index (χ0) is 20.2. The summed E-state index contributed by atoms with van der Waals surface area (Å²) in [6.07, 6.45) is 21.0. The number of carboxylic acid groups (broad SMARTS) is 1. The van der Waals surface area contributed by atoms with Crippen LogP contribution in [0.1, 0.15) is 96.8 Å². The lowest BCUT2D eigenvalue weighted by Gasteiger charge is -2.11. The van der Waals surface area contributed by atoms with Crippen LogP contribution >= 0.6 is 0 Å². The summed E-state index contributed by atoms with van der Waals surface area (Å²) in [5, 5.41) is 9.21. The van der Waals surface area contributed by atoms with Crippen LogP contribution < -0.4 is 0 Å². The first-order chi connectivity index (χ1) is 13.1.